The third-order valence-electron chi connectivity index (χ3n) is 4.78. The second-order valence-corrected chi connectivity index (χ2v) is 10.2. The minimum Gasteiger partial charge on any atom is -0.374 e. The fourth-order valence-corrected chi connectivity index (χ4v) is 5.94. The first-order chi connectivity index (χ1) is 13.7. The predicted octanol–water partition coefficient (Wildman–Crippen LogP) is 6.90. The Balaban J connectivity index is -0.000000525. The highest BCUT2D eigenvalue weighted by molar-refractivity contribution is 6.60. The van der Waals surface area contributed by atoms with E-state index in [1.54, 1.807) is 0 Å². The predicted molar refractivity (Wildman–Crippen MR) is 138 cm³/mol. The van der Waals surface area contributed by atoms with Crippen LogP contribution < -0.4 is 0 Å². The Bertz CT molecular complexity index is 254. The van der Waals surface area contributed by atoms with Gasteiger partial charge in [-0.15, -0.1) is 0 Å². The van der Waals surface area contributed by atoms with Crippen LogP contribution in [-0.2, 0) is 13.3 Å². The molecule has 0 aliphatic heterocycles. The number of rotatable bonds is 20. The molecule has 0 rings (SSSR count). The molecule has 0 saturated carbocycles. The Morgan fingerprint density at radius 1 is 0.517 bits per heavy atom. The Morgan fingerprint density at radius 2 is 0.862 bits per heavy atom. The highest BCUT2D eigenvalue weighted by atomic mass is 28.4. The van der Waals surface area contributed by atoms with Gasteiger partial charge in [0.1, 0.15) is 0 Å². The molecule has 0 aliphatic rings. The van der Waals surface area contributed by atoms with Gasteiger partial charge in [0.25, 0.3) is 0 Å². The van der Waals surface area contributed by atoms with Gasteiger partial charge >= 0.3 is 8.80 Å². The molecule has 0 unspecified atom stereocenters. The molecule has 0 heterocycles. The van der Waals surface area contributed by atoms with Gasteiger partial charge in [-0.2, -0.15) is 0 Å². The molecule has 0 N–H and O–H groups in total. The van der Waals surface area contributed by atoms with E-state index in [1.165, 1.54) is 77.0 Å². The van der Waals surface area contributed by atoms with Crippen molar-refractivity contribution in [2.75, 3.05) is 19.8 Å². The zero-order valence-electron chi connectivity index (χ0n) is 20.2. The summed E-state index contributed by atoms with van der Waals surface area (Å²) in [6.07, 6.45) is 18.7. The molecular weight excluding hydrogens is 392 g/mol. The van der Waals surface area contributed by atoms with Crippen LogP contribution in [0.1, 0.15) is 125 Å². The van der Waals surface area contributed by atoms with E-state index in [4.69, 9.17) is 13.3 Å². The Labute approximate surface area is 190 Å². The summed E-state index contributed by atoms with van der Waals surface area (Å²) in [4.78, 5) is 0. The zero-order chi connectivity index (χ0) is 21.3. The summed E-state index contributed by atoms with van der Waals surface area (Å²) in [6, 6.07) is 0.967. The molecule has 0 amide bonds. The fourth-order valence-electron chi connectivity index (χ4n) is 3.26. The third-order valence-corrected chi connectivity index (χ3v) is 7.93. The first kappa shape index (κ1) is 33.9. The number of unbranched alkanes of at least 4 members (excludes halogenated alkanes) is 12. The van der Waals surface area contributed by atoms with Gasteiger partial charge in [0.15, 0.2) is 0 Å². The van der Waals surface area contributed by atoms with Gasteiger partial charge in [-0.1, -0.05) is 104 Å². The van der Waals surface area contributed by atoms with Gasteiger partial charge < -0.3 is 13.3 Å². The topological polar surface area (TPSA) is 27.7 Å². The molecule has 0 aromatic carbocycles. The highest BCUT2D eigenvalue weighted by Gasteiger charge is 2.39. The lowest BCUT2D eigenvalue weighted by Crippen LogP contribution is -2.45. The van der Waals surface area contributed by atoms with Crippen LogP contribution in [0.3, 0.4) is 0 Å². The van der Waals surface area contributed by atoms with E-state index in [1.807, 2.05) is 20.8 Å². The Morgan fingerprint density at radius 3 is 1.21 bits per heavy atom. The molecule has 0 atom stereocenters. The maximum atomic E-state index is 5.83. The molecule has 179 valence electrons. The third kappa shape index (κ3) is 24.5. The average Bonchev–Trinajstić information content (AvgIpc) is 2.68. The van der Waals surface area contributed by atoms with Crippen LogP contribution in [0.4, 0.5) is 0 Å². The van der Waals surface area contributed by atoms with Crippen molar-refractivity contribution in [3.05, 3.63) is 6.92 Å². The number of hydrogen-bond acceptors (Lipinski definition) is 3. The van der Waals surface area contributed by atoms with E-state index < -0.39 is 8.80 Å². The maximum absolute atomic E-state index is 5.83. The molecule has 0 aromatic rings. The van der Waals surface area contributed by atoms with E-state index in [2.05, 4.69) is 20.8 Å². The SMILES string of the molecule is CCCCCCCC[Si](OCC)(OCC)OCC.[CH2]CCCCCCCCC.[SiH4]. The Kier molecular flexibility index (Phi) is 33.1. The van der Waals surface area contributed by atoms with Crippen molar-refractivity contribution < 1.29 is 13.3 Å². The van der Waals surface area contributed by atoms with E-state index in [0.29, 0.717) is 19.8 Å². The summed E-state index contributed by atoms with van der Waals surface area (Å²) in [5.41, 5.74) is 0. The second-order valence-electron chi connectivity index (χ2n) is 7.47. The zero-order valence-corrected chi connectivity index (χ0v) is 21.2. The van der Waals surface area contributed by atoms with Crippen molar-refractivity contribution in [1.29, 1.82) is 0 Å². The normalized spacial score (nSPS) is 11.0. The van der Waals surface area contributed by atoms with Crippen molar-refractivity contribution >= 4 is 19.8 Å². The molecule has 0 aliphatic carbocycles. The lowest BCUT2D eigenvalue weighted by atomic mass is 10.1. The van der Waals surface area contributed by atoms with Crippen molar-refractivity contribution in [3.8, 4) is 0 Å². The van der Waals surface area contributed by atoms with Crippen molar-refractivity contribution in [2.24, 2.45) is 0 Å². The smallest absolute Gasteiger partial charge is 0.374 e. The van der Waals surface area contributed by atoms with Crippen LogP contribution in [0.25, 0.3) is 0 Å². The summed E-state index contributed by atoms with van der Waals surface area (Å²) in [7, 11) is -2.36. The minimum atomic E-state index is -2.36. The first-order valence-corrected chi connectivity index (χ1v) is 14.3. The van der Waals surface area contributed by atoms with Gasteiger partial charge in [-0.3, -0.25) is 0 Å². The van der Waals surface area contributed by atoms with E-state index in [-0.39, 0.29) is 11.0 Å². The van der Waals surface area contributed by atoms with E-state index in [0.717, 1.165) is 18.9 Å². The molecule has 5 heteroatoms. The average molecular weight is 450 g/mol. The molecule has 0 bridgehead atoms. The Hall–Kier alpha value is 0.314. The molecular formula is C24H57O3Si2. The van der Waals surface area contributed by atoms with E-state index >= 15 is 0 Å². The summed E-state index contributed by atoms with van der Waals surface area (Å²) in [6.45, 7) is 16.4. The van der Waals surface area contributed by atoms with Crippen LogP contribution in [0.15, 0.2) is 0 Å². The molecule has 3 nitrogen and oxygen atoms in total. The van der Waals surface area contributed by atoms with Crippen LogP contribution in [0, 0.1) is 6.92 Å². The van der Waals surface area contributed by atoms with E-state index in [9.17, 15) is 0 Å². The first-order valence-electron chi connectivity index (χ1n) is 12.4. The monoisotopic (exact) mass is 449 g/mol. The summed E-state index contributed by atoms with van der Waals surface area (Å²) >= 11 is 0. The van der Waals surface area contributed by atoms with Crippen LogP contribution in [-0.4, -0.2) is 39.6 Å². The largest absolute Gasteiger partial charge is 0.500 e. The quantitative estimate of drug-likeness (QED) is 0.149. The molecule has 0 aromatic heterocycles. The second kappa shape index (κ2) is 28.3. The van der Waals surface area contributed by atoms with Crippen molar-refractivity contribution in [3.63, 3.8) is 0 Å². The molecule has 0 saturated heterocycles. The van der Waals surface area contributed by atoms with Crippen LogP contribution in [0.2, 0.25) is 6.04 Å². The highest BCUT2D eigenvalue weighted by Crippen LogP contribution is 2.20. The van der Waals surface area contributed by atoms with Crippen LogP contribution >= 0.6 is 0 Å². The molecule has 1 radical (unpaired) electrons. The molecule has 0 spiro atoms. The summed E-state index contributed by atoms with van der Waals surface area (Å²) in [5, 5.41) is 0. The van der Waals surface area contributed by atoms with Gasteiger partial charge in [0, 0.05) is 25.9 Å². The minimum absolute atomic E-state index is 0. The van der Waals surface area contributed by atoms with Gasteiger partial charge in [0.05, 0.1) is 0 Å². The number of hydrogen-bond donors (Lipinski definition) is 0. The standard InChI is InChI=1S/C14H32O3Si.C10H21.H4Si/c1-5-9-10-11-12-13-14-18(15-6-2,16-7-3)17-8-4;1-3-5-7-9-10-8-6-4-2;/h5-14H2,1-4H3;1,3-10H2,2H3;1H4. The van der Waals surface area contributed by atoms with Crippen LogP contribution in [0.5, 0.6) is 0 Å². The van der Waals surface area contributed by atoms with Gasteiger partial charge in [-0.25, -0.2) is 0 Å². The van der Waals surface area contributed by atoms with Crippen molar-refractivity contribution in [2.45, 2.75) is 131 Å². The summed E-state index contributed by atoms with van der Waals surface area (Å²) in [5.74, 6) is 0. The van der Waals surface area contributed by atoms with Crippen molar-refractivity contribution in [1.82, 2.24) is 0 Å². The fraction of sp³-hybridized carbons (Fsp3) is 0.958. The van der Waals surface area contributed by atoms with Gasteiger partial charge in [0.2, 0.25) is 0 Å². The lowest BCUT2D eigenvalue weighted by molar-refractivity contribution is 0.0706. The lowest BCUT2D eigenvalue weighted by Gasteiger charge is -2.28. The summed E-state index contributed by atoms with van der Waals surface area (Å²) < 4.78 is 17.5. The molecule has 29 heavy (non-hydrogen) atoms. The maximum Gasteiger partial charge on any atom is 0.500 e. The van der Waals surface area contributed by atoms with Gasteiger partial charge in [-0.05, 0) is 38.2 Å². The molecule has 0 fully saturated rings.